The zero-order valence-corrected chi connectivity index (χ0v) is 11.1. The number of benzene rings is 1. The lowest BCUT2D eigenvalue weighted by molar-refractivity contribution is 0.536. The van der Waals surface area contributed by atoms with E-state index in [1.165, 1.54) is 12.1 Å². The molecule has 0 saturated heterocycles. The molecule has 2 aromatic rings. The summed E-state index contributed by atoms with van der Waals surface area (Å²) in [6.45, 7) is 0. The molecule has 1 atom stereocenters. The van der Waals surface area contributed by atoms with Gasteiger partial charge in [-0.15, -0.1) is 0 Å². The smallest absolute Gasteiger partial charge is 0.125 e. The SMILES string of the molecule is CNC(Cc1cc(F)ccc1Cl)c1nccn1C. The van der Waals surface area contributed by atoms with Crippen LogP contribution in [0.15, 0.2) is 30.6 Å². The molecule has 5 heteroatoms. The van der Waals surface area contributed by atoms with Crippen LogP contribution in [-0.2, 0) is 13.5 Å². The zero-order chi connectivity index (χ0) is 13.1. The highest BCUT2D eigenvalue weighted by Gasteiger charge is 2.16. The summed E-state index contributed by atoms with van der Waals surface area (Å²) in [6.07, 6.45) is 4.22. The first-order valence-electron chi connectivity index (χ1n) is 5.70. The molecule has 3 nitrogen and oxygen atoms in total. The normalized spacial score (nSPS) is 12.7. The lowest BCUT2D eigenvalue weighted by Gasteiger charge is -2.16. The number of hydrogen-bond donors (Lipinski definition) is 1. The van der Waals surface area contributed by atoms with Crippen LogP contribution in [0.5, 0.6) is 0 Å². The van der Waals surface area contributed by atoms with E-state index in [0.29, 0.717) is 11.4 Å². The first kappa shape index (κ1) is 13.1. The van der Waals surface area contributed by atoms with Crippen LogP contribution in [0, 0.1) is 5.82 Å². The molecule has 18 heavy (non-hydrogen) atoms. The fourth-order valence-corrected chi connectivity index (χ4v) is 2.15. The Kier molecular flexibility index (Phi) is 3.99. The second-order valence-corrected chi connectivity index (χ2v) is 4.58. The summed E-state index contributed by atoms with van der Waals surface area (Å²) in [5, 5.41) is 3.75. The maximum absolute atomic E-state index is 13.2. The van der Waals surface area contributed by atoms with Gasteiger partial charge in [0.05, 0.1) is 6.04 Å². The minimum absolute atomic E-state index is 0.00398. The highest BCUT2D eigenvalue weighted by Crippen LogP contribution is 2.23. The van der Waals surface area contributed by atoms with Gasteiger partial charge in [-0.05, 0) is 37.2 Å². The lowest BCUT2D eigenvalue weighted by atomic mass is 10.1. The predicted molar refractivity (Wildman–Crippen MR) is 70.1 cm³/mol. The van der Waals surface area contributed by atoms with E-state index in [1.54, 1.807) is 12.3 Å². The van der Waals surface area contributed by atoms with Gasteiger partial charge < -0.3 is 9.88 Å². The van der Waals surface area contributed by atoms with Crippen molar-refractivity contribution >= 4 is 11.6 Å². The Morgan fingerprint density at radius 3 is 2.89 bits per heavy atom. The van der Waals surface area contributed by atoms with E-state index in [0.717, 1.165) is 11.4 Å². The third kappa shape index (κ3) is 2.71. The van der Waals surface area contributed by atoms with Gasteiger partial charge in [0.25, 0.3) is 0 Å². The van der Waals surface area contributed by atoms with Gasteiger partial charge in [0.1, 0.15) is 11.6 Å². The van der Waals surface area contributed by atoms with Gasteiger partial charge in [0, 0.05) is 24.5 Å². The second-order valence-electron chi connectivity index (χ2n) is 4.18. The van der Waals surface area contributed by atoms with Crippen molar-refractivity contribution in [2.45, 2.75) is 12.5 Å². The Balaban J connectivity index is 2.26. The van der Waals surface area contributed by atoms with Gasteiger partial charge in [0.15, 0.2) is 0 Å². The molecular formula is C13H15ClFN3. The minimum Gasteiger partial charge on any atom is -0.337 e. The molecule has 1 N–H and O–H groups in total. The van der Waals surface area contributed by atoms with Gasteiger partial charge >= 0.3 is 0 Å². The molecule has 0 amide bonds. The van der Waals surface area contributed by atoms with Crippen LogP contribution in [-0.4, -0.2) is 16.6 Å². The third-order valence-corrected chi connectivity index (χ3v) is 3.32. The van der Waals surface area contributed by atoms with Crippen molar-refractivity contribution in [3.63, 3.8) is 0 Å². The molecule has 0 radical (unpaired) electrons. The van der Waals surface area contributed by atoms with Crippen molar-refractivity contribution in [2.24, 2.45) is 7.05 Å². The minimum atomic E-state index is -0.274. The van der Waals surface area contributed by atoms with E-state index >= 15 is 0 Å². The summed E-state index contributed by atoms with van der Waals surface area (Å²) >= 11 is 6.08. The number of nitrogens with one attached hydrogen (secondary N) is 1. The highest BCUT2D eigenvalue weighted by atomic mass is 35.5. The van der Waals surface area contributed by atoms with Gasteiger partial charge in [-0.25, -0.2) is 9.37 Å². The molecular weight excluding hydrogens is 253 g/mol. The standard InChI is InChI=1S/C13H15ClFN3/c1-16-12(13-17-5-6-18(13)2)8-9-7-10(15)3-4-11(9)14/h3-7,12,16H,8H2,1-2H3. The van der Waals surface area contributed by atoms with Gasteiger partial charge in [-0.1, -0.05) is 11.6 Å². The van der Waals surface area contributed by atoms with Crippen molar-refractivity contribution in [1.82, 2.24) is 14.9 Å². The van der Waals surface area contributed by atoms with Crippen LogP contribution in [0.1, 0.15) is 17.4 Å². The Hall–Kier alpha value is -1.39. The number of rotatable bonds is 4. The molecule has 0 aliphatic rings. The quantitative estimate of drug-likeness (QED) is 0.923. The van der Waals surface area contributed by atoms with Crippen molar-refractivity contribution < 1.29 is 4.39 Å². The zero-order valence-electron chi connectivity index (χ0n) is 10.3. The number of likely N-dealkylation sites (N-methyl/N-ethyl adjacent to an activating group) is 1. The molecule has 0 aliphatic carbocycles. The van der Waals surface area contributed by atoms with Gasteiger partial charge in [0.2, 0.25) is 0 Å². The molecule has 2 rings (SSSR count). The summed E-state index contributed by atoms with van der Waals surface area (Å²) in [5.74, 6) is 0.627. The molecule has 0 fully saturated rings. The van der Waals surface area contributed by atoms with E-state index < -0.39 is 0 Å². The number of hydrogen-bond acceptors (Lipinski definition) is 2. The summed E-state index contributed by atoms with van der Waals surface area (Å²) in [5.41, 5.74) is 0.777. The lowest BCUT2D eigenvalue weighted by Crippen LogP contribution is -2.22. The van der Waals surface area contributed by atoms with Crippen LogP contribution in [0.2, 0.25) is 5.02 Å². The first-order chi connectivity index (χ1) is 8.61. The van der Waals surface area contributed by atoms with E-state index in [9.17, 15) is 4.39 Å². The molecule has 0 aliphatic heterocycles. The van der Waals surface area contributed by atoms with Crippen LogP contribution < -0.4 is 5.32 Å². The molecule has 1 unspecified atom stereocenters. The van der Waals surface area contributed by atoms with Gasteiger partial charge in [-0.2, -0.15) is 0 Å². The van der Waals surface area contributed by atoms with Crippen molar-refractivity contribution in [2.75, 3.05) is 7.05 Å². The van der Waals surface area contributed by atoms with E-state index in [2.05, 4.69) is 10.3 Å². The largest absolute Gasteiger partial charge is 0.337 e. The first-order valence-corrected chi connectivity index (χ1v) is 6.08. The number of nitrogens with zero attached hydrogens (tertiary/aromatic N) is 2. The Bertz CT molecular complexity index is 539. The highest BCUT2D eigenvalue weighted by molar-refractivity contribution is 6.31. The summed E-state index contributed by atoms with van der Waals surface area (Å²) < 4.78 is 15.2. The van der Waals surface area contributed by atoms with E-state index in [4.69, 9.17) is 11.6 Å². The van der Waals surface area contributed by atoms with E-state index in [-0.39, 0.29) is 11.9 Å². The molecule has 1 heterocycles. The average Bonchev–Trinajstić information content (AvgIpc) is 2.77. The monoisotopic (exact) mass is 267 g/mol. The average molecular weight is 268 g/mol. The van der Waals surface area contributed by atoms with Crippen molar-refractivity contribution in [3.05, 3.63) is 52.8 Å². The predicted octanol–water partition coefficient (Wildman–Crippen LogP) is 2.72. The number of aromatic nitrogens is 2. The van der Waals surface area contributed by atoms with Crippen molar-refractivity contribution in [1.29, 1.82) is 0 Å². The molecule has 1 aromatic carbocycles. The van der Waals surface area contributed by atoms with Crippen LogP contribution >= 0.6 is 11.6 Å². The Labute approximate surface area is 111 Å². The molecule has 0 saturated carbocycles. The number of aryl methyl sites for hydroxylation is 1. The summed E-state index contributed by atoms with van der Waals surface area (Å²) in [7, 11) is 3.78. The van der Waals surface area contributed by atoms with Crippen LogP contribution in [0.3, 0.4) is 0 Å². The number of imidazole rings is 1. The van der Waals surface area contributed by atoms with E-state index in [1.807, 2.05) is 24.9 Å². The third-order valence-electron chi connectivity index (χ3n) is 2.95. The fraction of sp³-hybridized carbons (Fsp3) is 0.308. The number of halogens is 2. The van der Waals surface area contributed by atoms with Crippen LogP contribution in [0.25, 0.3) is 0 Å². The van der Waals surface area contributed by atoms with Crippen LogP contribution in [0.4, 0.5) is 4.39 Å². The van der Waals surface area contributed by atoms with Gasteiger partial charge in [-0.3, -0.25) is 0 Å². The maximum Gasteiger partial charge on any atom is 0.125 e. The molecule has 96 valence electrons. The topological polar surface area (TPSA) is 29.9 Å². The summed E-state index contributed by atoms with van der Waals surface area (Å²) in [4.78, 5) is 4.30. The maximum atomic E-state index is 13.2. The summed E-state index contributed by atoms with van der Waals surface area (Å²) in [6, 6.07) is 4.41. The Morgan fingerprint density at radius 1 is 1.50 bits per heavy atom. The molecule has 0 spiro atoms. The fourth-order valence-electron chi connectivity index (χ4n) is 1.96. The van der Waals surface area contributed by atoms with Crippen molar-refractivity contribution in [3.8, 4) is 0 Å². The Morgan fingerprint density at radius 2 is 2.28 bits per heavy atom. The second kappa shape index (κ2) is 5.50. The molecule has 0 bridgehead atoms. The molecule has 1 aromatic heterocycles.